The number of fused-ring (bicyclic) bond motifs is 2. The number of aromatic nitrogens is 2. The van der Waals surface area contributed by atoms with Gasteiger partial charge in [-0.1, -0.05) is 0 Å². The molecule has 3 aliphatic rings. The smallest absolute Gasteiger partial charge is 0.219 e. The Morgan fingerprint density at radius 3 is 2.55 bits per heavy atom. The summed E-state index contributed by atoms with van der Waals surface area (Å²) in [6, 6.07) is 2.08. The summed E-state index contributed by atoms with van der Waals surface area (Å²) < 4.78 is 16.4. The molecule has 31 heavy (non-hydrogen) atoms. The van der Waals surface area contributed by atoms with Crippen LogP contribution >= 0.6 is 0 Å². The number of likely N-dealkylation sites (tertiary alicyclic amines) is 1. The number of rotatable bonds is 7. The molecule has 5 rings (SSSR count). The van der Waals surface area contributed by atoms with Gasteiger partial charge in [-0.25, -0.2) is 4.98 Å². The first kappa shape index (κ1) is 22.2. The molecule has 7 heteroatoms. The minimum Gasteiger partial charge on any atom is -0.481 e. The third kappa shape index (κ3) is 5.45. The van der Waals surface area contributed by atoms with E-state index in [0.717, 1.165) is 67.9 Å². The molecule has 0 saturated carbocycles. The highest BCUT2D eigenvalue weighted by Crippen LogP contribution is 2.35. The Kier molecular flexibility index (Phi) is 7.94. The molecular weight excluding hydrogens is 392 g/mol. The summed E-state index contributed by atoms with van der Waals surface area (Å²) in [7, 11) is 3.62. The fourth-order valence-corrected chi connectivity index (χ4v) is 4.65. The minimum absolute atomic E-state index is 0.508. The zero-order valence-electron chi connectivity index (χ0n) is 19.0. The molecule has 1 N–H and O–H groups in total. The largest absolute Gasteiger partial charge is 0.481 e. The molecule has 2 aromatic heterocycles. The van der Waals surface area contributed by atoms with Crippen LogP contribution in [0.2, 0.25) is 0 Å². The summed E-state index contributed by atoms with van der Waals surface area (Å²) in [5.74, 6) is 0.634. The second-order valence-electron chi connectivity index (χ2n) is 8.46. The molecular formula is C24H36N4O3. The van der Waals surface area contributed by atoms with Gasteiger partial charge in [0.25, 0.3) is 0 Å². The Balaban J connectivity index is 0.000000407. The molecule has 4 heterocycles. The Morgan fingerprint density at radius 1 is 1.06 bits per heavy atom. The highest BCUT2D eigenvalue weighted by Gasteiger charge is 2.21. The Morgan fingerprint density at radius 2 is 1.87 bits per heavy atom. The third-order valence-electron chi connectivity index (χ3n) is 6.30. The van der Waals surface area contributed by atoms with Crippen molar-refractivity contribution in [3.8, 4) is 5.88 Å². The number of nitrogens with zero attached hydrogens (tertiary/aromatic N) is 3. The van der Waals surface area contributed by atoms with Crippen LogP contribution in [0.5, 0.6) is 5.88 Å². The fourth-order valence-electron chi connectivity index (χ4n) is 4.65. The first-order valence-electron chi connectivity index (χ1n) is 11.7. The molecule has 2 fully saturated rings. The molecule has 2 saturated heterocycles. The fraction of sp³-hybridized carbons (Fsp3) is 0.667. The second kappa shape index (κ2) is 11.1. The predicted molar refractivity (Wildman–Crippen MR) is 123 cm³/mol. The number of aryl methyl sites for hydroxylation is 1. The average Bonchev–Trinajstić information content (AvgIpc) is 3.58. The Labute approximate surface area is 185 Å². The van der Waals surface area contributed by atoms with E-state index >= 15 is 0 Å². The first-order chi connectivity index (χ1) is 15.3. The average molecular weight is 429 g/mol. The standard InChI is InChI=1S/C20H28N4O2.C4H8O/c1-21-18-15-6-5-7-16(15)22-17-12-14(20(25-2)23-19(17)18)13-26-11-10-24-8-3-4-9-24;1-2-4-5-3-1/h12H,3-11,13H2,1-2H3,(H,21,22);1-4H2. The number of anilines is 1. The Bertz CT molecular complexity index is 856. The third-order valence-corrected chi connectivity index (χ3v) is 6.30. The van der Waals surface area contributed by atoms with E-state index in [2.05, 4.69) is 16.3 Å². The van der Waals surface area contributed by atoms with Crippen molar-refractivity contribution < 1.29 is 14.2 Å². The van der Waals surface area contributed by atoms with E-state index in [1.54, 1.807) is 7.11 Å². The second-order valence-corrected chi connectivity index (χ2v) is 8.46. The maximum absolute atomic E-state index is 5.92. The van der Waals surface area contributed by atoms with E-state index in [1.165, 1.54) is 50.0 Å². The molecule has 0 aromatic carbocycles. The summed E-state index contributed by atoms with van der Waals surface area (Å²) in [4.78, 5) is 12.1. The van der Waals surface area contributed by atoms with Crippen LogP contribution in [0.15, 0.2) is 6.07 Å². The van der Waals surface area contributed by atoms with Gasteiger partial charge in [-0.05, 0) is 69.7 Å². The minimum atomic E-state index is 0.508. The lowest BCUT2D eigenvalue weighted by molar-refractivity contribution is 0.0975. The van der Waals surface area contributed by atoms with E-state index in [4.69, 9.17) is 24.2 Å². The quantitative estimate of drug-likeness (QED) is 0.676. The maximum atomic E-state index is 5.92. The van der Waals surface area contributed by atoms with Crippen molar-refractivity contribution in [2.75, 3.05) is 58.9 Å². The molecule has 0 amide bonds. The first-order valence-corrected chi connectivity index (χ1v) is 11.7. The summed E-state index contributed by atoms with van der Waals surface area (Å²) in [5.41, 5.74) is 6.40. The molecule has 0 radical (unpaired) electrons. The molecule has 0 spiro atoms. The maximum Gasteiger partial charge on any atom is 0.219 e. The van der Waals surface area contributed by atoms with E-state index < -0.39 is 0 Å². The number of methoxy groups -OCH3 is 1. The lowest BCUT2D eigenvalue weighted by Crippen LogP contribution is -2.24. The van der Waals surface area contributed by atoms with Crippen molar-refractivity contribution in [2.24, 2.45) is 0 Å². The molecule has 0 atom stereocenters. The van der Waals surface area contributed by atoms with Gasteiger partial charge in [0, 0.05) is 38.1 Å². The summed E-state index contributed by atoms with van der Waals surface area (Å²) >= 11 is 0. The summed E-state index contributed by atoms with van der Waals surface area (Å²) in [5, 5.41) is 3.33. The van der Waals surface area contributed by atoms with Crippen LogP contribution in [0.3, 0.4) is 0 Å². The van der Waals surface area contributed by atoms with Gasteiger partial charge in [-0.3, -0.25) is 4.98 Å². The highest BCUT2D eigenvalue weighted by molar-refractivity contribution is 5.91. The van der Waals surface area contributed by atoms with E-state index in [9.17, 15) is 0 Å². The van der Waals surface area contributed by atoms with Gasteiger partial charge in [-0.15, -0.1) is 0 Å². The van der Waals surface area contributed by atoms with Crippen molar-refractivity contribution in [3.05, 3.63) is 22.9 Å². The lowest BCUT2D eigenvalue weighted by atomic mass is 10.1. The highest BCUT2D eigenvalue weighted by atomic mass is 16.5. The van der Waals surface area contributed by atoms with E-state index in [1.807, 2.05) is 7.05 Å². The van der Waals surface area contributed by atoms with Crippen LogP contribution in [0.1, 0.15) is 48.9 Å². The van der Waals surface area contributed by atoms with Gasteiger partial charge < -0.3 is 24.4 Å². The van der Waals surface area contributed by atoms with Crippen LogP contribution in [0.4, 0.5) is 5.69 Å². The van der Waals surface area contributed by atoms with Crippen LogP contribution in [-0.2, 0) is 28.9 Å². The number of pyridine rings is 2. The van der Waals surface area contributed by atoms with Gasteiger partial charge in [0.15, 0.2) is 0 Å². The zero-order valence-corrected chi connectivity index (χ0v) is 19.0. The lowest BCUT2D eigenvalue weighted by Gasteiger charge is -2.16. The molecule has 2 aromatic rings. The van der Waals surface area contributed by atoms with Crippen molar-refractivity contribution in [1.82, 2.24) is 14.9 Å². The van der Waals surface area contributed by atoms with Gasteiger partial charge in [-0.2, -0.15) is 0 Å². The van der Waals surface area contributed by atoms with Gasteiger partial charge >= 0.3 is 0 Å². The zero-order chi connectivity index (χ0) is 21.5. The number of ether oxygens (including phenoxy) is 3. The van der Waals surface area contributed by atoms with Crippen molar-refractivity contribution in [2.45, 2.75) is 51.6 Å². The van der Waals surface area contributed by atoms with Crippen molar-refractivity contribution in [1.29, 1.82) is 0 Å². The summed E-state index contributed by atoms with van der Waals surface area (Å²) in [6.45, 7) is 6.64. The number of hydrogen-bond donors (Lipinski definition) is 1. The van der Waals surface area contributed by atoms with E-state index in [-0.39, 0.29) is 0 Å². The van der Waals surface area contributed by atoms with Crippen molar-refractivity contribution >= 4 is 16.7 Å². The summed E-state index contributed by atoms with van der Waals surface area (Å²) in [6.07, 6.45) is 8.46. The molecule has 7 nitrogen and oxygen atoms in total. The van der Waals surface area contributed by atoms with E-state index in [0.29, 0.717) is 12.5 Å². The van der Waals surface area contributed by atoms with Crippen LogP contribution < -0.4 is 10.1 Å². The molecule has 1 aliphatic carbocycles. The topological polar surface area (TPSA) is 68.7 Å². The molecule has 0 bridgehead atoms. The number of hydrogen-bond acceptors (Lipinski definition) is 7. The van der Waals surface area contributed by atoms with Crippen molar-refractivity contribution in [3.63, 3.8) is 0 Å². The number of nitrogens with one attached hydrogen (secondary N) is 1. The van der Waals surface area contributed by atoms with Gasteiger partial charge in [0.1, 0.15) is 5.52 Å². The van der Waals surface area contributed by atoms with Gasteiger partial charge in [0.05, 0.1) is 31.5 Å². The molecule has 0 unspecified atom stereocenters. The SMILES string of the molecule is C1CCOC1.CNc1c2c(nc3cc(COCCN4CCCC4)c(OC)nc13)CCC2. The molecule has 170 valence electrons. The van der Waals surface area contributed by atoms with Crippen LogP contribution in [0.25, 0.3) is 11.0 Å². The van der Waals surface area contributed by atoms with Crippen LogP contribution in [-0.4, -0.2) is 68.5 Å². The molecule has 2 aliphatic heterocycles. The van der Waals surface area contributed by atoms with Crippen LogP contribution in [0, 0.1) is 0 Å². The Hall–Kier alpha value is -1.96. The monoisotopic (exact) mass is 428 g/mol. The predicted octanol–water partition coefficient (Wildman–Crippen LogP) is 3.58. The van der Waals surface area contributed by atoms with Gasteiger partial charge in [0.2, 0.25) is 5.88 Å². The normalized spacial score (nSPS) is 18.1.